The number of hydrogen-bond donors (Lipinski definition) is 0. The zero-order valence-electron chi connectivity index (χ0n) is 37.3. The monoisotopic (exact) mass is 906 g/mol. The minimum atomic E-state index is -4.72. The summed E-state index contributed by atoms with van der Waals surface area (Å²) in [7, 11) is 0. The highest BCUT2D eigenvalue weighted by Crippen LogP contribution is 2.47. The molecule has 10 aromatic carbocycles. The lowest BCUT2D eigenvalue weighted by Gasteiger charge is -2.22. The number of aromatic nitrogens is 2. The van der Waals surface area contributed by atoms with Crippen LogP contribution >= 0.6 is 0 Å². The van der Waals surface area contributed by atoms with Crippen LogP contribution < -0.4 is 0 Å². The summed E-state index contributed by atoms with van der Waals surface area (Å²) in [6, 6.07) is 76.8. The molecule has 0 aliphatic heterocycles. The quantitative estimate of drug-likeness (QED) is 0.160. The first-order valence-corrected chi connectivity index (χ1v) is 22.8. The third-order valence-electron chi connectivity index (χ3n) is 13.4. The summed E-state index contributed by atoms with van der Waals surface area (Å²) in [5.74, 6) is 0. The lowest BCUT2D eigenvalue weighted by molar-refractivity contribution is -0.137. The molecule has 2 aromatic heterocycles. The van der Waals surface area contributed by atoms with Crippen LogP contribution in [0.15, 0.2) is 224 Å². The number of halogens is 3. The average molecular weight is 907 g/mol. The Labute approximate surface area is 401 Å². The highest BCUT2D eigenvalue weighted by Gasteiger charge is 2.33. The number of benzene rings is 10. The van der Waals surface area contributed by atoms with Gasteiger partial charge in [0.25, 0.3) is 0 Å². The van der Waals surface area contributed by atoms with Crippen LogP contribution in [0.2, 0.25) is 0 Å². The number of hydrogen-bond acceptors (Lipinski definition) is 2. The second kappa shape index (κ2) is 16.7. The average Bonchev–Trinajstić information content (AvgIpc) is 3.92. The summed E-state index contributed by atoms with van der Waals surface area (Å²) >= 11 is 0. The van der Waals surface area contributed by atoms with E-state index in [4.69, 9.17) is 0 Å². The van der Waals surface area contributed by atoms with Gasteiger partial charge in [-0.25, -0.2) is 0 Å². The Kier molecular flexibility index (Phi) is 10.0. The van der Waals surface area contributed by atoms with Crippen molar-refractivity contribution in [3.63, 3.8) is 0 Å². The lowest BCUT2D eigenvalue weighted by atomic mass is 9.93. The largest absolute Gasteiger partial charge is 0.416 e. The molecule has 330 valence electrons. The summed E-state index contributed by atoms with van der Waals surface area (Å²) in [6.45, 7) is 0. The SMILES string of the molecule is N#Cc1cc(-n2c3ccc(-c4ccccc4)cc3c3cc(-c4ccccc4)ccc32)c(-c2cc(C(F)(F)F)ccc2C#N)c(-n2c3ccc(-c4ccccc4)cc3c3cc(-c4ccccc4)ccc32)c1. The minimum Gasteiger partial charge on any atom is -0.308 e. The molecule has 0 spiro atoms. The lowest BCUT2D eigenvalue weighted by Crippen LogP contribution is -2.08. The van der Waals surface area contributed by atoms with Crippen molar-refractivity contribution < 1.29 is 13.2 Å². The summed E-state index contributed by atoms with van der Waals surface area (Å²) in [5.41, 5.74) is 11.9. The summed E-state index contributed by atoms with van der Waals surface area (Å²) in [6.07, 6.45) is -4.72. The molecule has 0 radical (unpaired) electrons. The van der Waals surface area contributed by atoms with E-state index in [0.29, 0.717) is 16.9 Å². The predicted molar refractivity (Wildman–Crippen MR) is 277 cm³/mol. The van der Waals surface area contributed by atoms with Crippen LogP contribution in [0.5, 0.6) is 0 Å². The van der Waals surface area contributed by atoms with Crippen molar-refractivity contribution in [2.75, 3.05) is 0 Å². The standard InChI is InChI=1S/C63H37F3N4/c64-63(65,66)50-26-21-49(39-68)51(37-50)62-60(69-56-27-22-45(41-13-5-1-6-14-41)33-52(56)53-34-46(23-28-57(53)69)42-15-7-2-8-16-42)31-40(38-67)32-61(62)70-58-29-24-47(43-17-9-3-10-18-43)35-54(58)55-36-48(25-30-59(55)70)44-19-11-4-12-20-44/h1-37H. The van der Waals surface area contributed by atoms with Gasteiger partial charge in [-0.1, -0.05) is 146 Å². The molecule has 12 aromatic rings. The minimum absolute atomic E-state index is 0.0530. The first kappa shape index (κ1) is 42.0. The fourth-order valence-corrected chi connectivity index (χ4v) is 10.1. The van der Waals surface area contributed by atoms with E-state index in [-0.39, 0.29) is 16.7 Å². The van der Waals surface area contributed by atoms with E-state index >= 15 is 0 Å². The van der Waals surface area contributed by atoms with Crippen LogP contribution in [0.4, 0.5) is 13.2 Å². The number of nitriles is 2. The third kappa shape index (κ3) is 7.08. The second-order valence-corrected chi connectivity index (χ2v) is 17.4. The Morgan fingerprint density at radius 1 is 0.343 bits per heavy atom. The highest BCUT2D eigenvalue weighted by molar-refractivity contribution is 6.14. The van der Waals surface area contributed by atoms with E-state index in [0.717, 1.165) is 100 Å². The van der Waals surface area contributed by atoms with Gasteiger partial charge in [0.2, 0.25) is 0 Å². The molecule has 0 saturated carbocycles. The molecule has 0 fully saturated rings. The van der Waals surface area contributed by atoms with Crippen LogP contribution in [-0.2, 0) is 6.18 Å². The van der Waals surface area contributed by atoms with Gasteiger partial charge in [0.1, 0.15) is 0 Å². The van der Waals surface area contributed by atoms with Gasteiger partial charge in [0.05, 0.1) is 62.3 Å². The molecule has 0 atom stereocenters. The third-order valence-corrected chi connectivity index (χ3v) is 13.4. The molecule has 4 nitrogen and oxygen atoms in total. The topological polar surface area (TPSA) is 57.4 Å². The van der Waals surface area contributed by atoms with E-state index < -0.39 is 11.7 Å². The Morgan fingerprint density at radius 2 is 0.686 bits per heavy atom. The fraction of sp³-hybridized carbons (Fsp3) is 0.0159. The molecule has 0 N–H and O–H groups in total. The first-order chi connectivity index (χ1) is 34.2. The van der Waals surface area contributed by atoms with Crippen molar-refractivity contribution in [2.24, 2.45) is 0 Å². The first-order valence-electron chi connectivity index (χ1n) is 22.8. The van der Waals surface area contributed by atoms with Gasteiger partial charge in [0, 0.05) is 32.7 Å². The van der Waals surface area contributed by atoms with Crippen LogP contribution in [-0.4, -0.2) is 9.13 Å². The van der Waals surface area contributed by atoms with E-state index in [1.54, 1.807) is 12.1 Å². The van der Waals surface area contributed by atoms with Crippen LogP contribution in [0.3, 0.4) is 0 Å². The van der Waals surface area contributed by atoms with E-state index in [2.05, 4.69) is 84.9 Å². The number of alkyl halides is 3. The van der Waals surface area contributed by atoms with Crippen LogP contribution in [0, 0.1) is 22.7 Å². The molecule has 0 amide bonds. The van der Waals surface area contributed by atoms with Crippen molar-refractivity contribution in [1.29, 1.82) is 10.5 Å². The molecule has 70 heavy (non-hydrogen) atoms. The van der Waals surface area contributed by atoms with E-state index in [1.165, 1.54) is 6.07 Å². The zero-order valence-corrected chi connectivity index (χ0v) is 37.3. The number of nitrogens with zero attached hydrogens (tertiary/aromatic N) is 4. The maximum atomic E-state index is 15.0. The Hall–Kier alpha value is -9.43. The number of rotatable bonds is 7. The van der Waals surface area contributed by atoms with Gasteiger partial charge < -0.3 is 9.13 Å². The van der Waals surface area contributed by atoms with E-state index in [9.17, 15) is 23.7 Å². The van der Waals surface area contributed by atoms with Crippen molar-refractivity contribution in [2.45, 2.75) is 6.18 Å². The van der Waals surface area contributed by atoms with Gasteiger partial charge in [-0.15, -0.1) is 0 Å². The molecule has 2 heterocycles. The Balaban J connectivity index is 1.24. The normalized spacial score (nSPS) is 11.6. The van der Waals surface area contributed by atoms with Gasteiger partial charge in [0.15, 0.2) is 0 Å². The van der Waals surface area contributed by atoms with Crippen molar-refractivity contribution in [3.05, 3.63) is 241 Å². The van der Waals surface area contributed by atoms with Crippen molar-refractivity contribution in [1.82, 2.24) is 9.13 Å². The maximum Gasteiger partial charge on any atom is 0.416 e. The molecule has 0 aliphatic carbocycles. The molecule has 0 unspecified atom stereocenters. The molecule has 7 heteroatoms. The fourth-order valence-electron chi connectivity index (χ4n) is 10.1. The van der Waals surface area contributed by atoms with E-state index in [1.807, 2.05) is 130 Å². The molecule has 0 bridgehead atoms. The van der Waals surface area contributed by atoms with Gasteiger partial charge >= 0.3 is 6.18 Å². The molecular weight excluding hydrogens is 870 g/mol. The molecular formula is C63H37F3N4. The molecule has 0 saturated heterocycles. The maximum absolute atomic E-state index is 15.0. The Morgan fingerprint density at radius 3 is 0.986 bits per heavy atom. The summed E-state index contributed by atoms with van der Waals surface area (Å²) in [4.78, 5) is 0. The van der Waals surface area contributed by atoms with Crippen LogP contribution in [0.1, 0.15) is 16.7 Å². The molecule has 0 aliphatic rings. The van der Waals surface area contributed by atoms with Crippen molar-refractivity contribution in [3.8, 4) is 79.1 Å². The Bertz CT molecular complexity index is 3690. The van der Waals surface area contributed by atoms with Crippen LogP contribution in [0.25, 0.3) is 111 Å². The smallest absolute Gasteiger partial charge is 0.308 e. The van der Waals surface area contributed by atoms with Crippen molar-refractivity contribution >= 4 is 43.6 Å². The summed E-state index contributed by atoms with van der Waals surface area (Å²) in [5, 5.41) is 25.5. The zero-order chi connectivity index (χ0) is 47.5. The number of fused-ring (bicyclic) bond motifs is 6. The summed E-state index contributed by atoms with van der Waals surface area (Å²) < 4.78 is 49.1. The second-order valence-electron chi connectivity index (χ2n) is 17.4. The predicted octanol–water partition coefficient (Wildman–Crippen LogP) is 17.0. The highest BCUT2D eigenvalue weighted by atomic mass is 19.4. The van der Waals surface area contributed by atoms with Gasteiger partial charge in [-0.05, 0) is 123 Å². The van der Waals surface area contributed by atoms with Gasteiger partial charge in [-0.2, -0.15) is 23.7 Å². The molecule has 12 rings (SSSR count). The van der Waals surface area contributed by atoms with Gasteiger partial charge in [-0.3, -0.25) is 0 Å².